The Hall–Kier alpha value is -1.32. The fourth-order valence-electron chi connectivity index (χ4n) is 3.82. The van der Waals surface area contributed by atoms with Crippen LogP contribution in [0.4, 0.5) is 0 Å². The Balaban J connectivity index is 1.32. The summed E-state index contributed by atoms with van der Waals surface area (Å²) in [4.78, 5) is 26.0. The number of nitrogens with one attached hydrogen (secondary N) is 1. The highest BCUT2D eigenvalue weighted by Crippen LogP contribution is 2.43. The summed E-state index contributed by atoms with van der Waals surface area (Å²) >= 11 is 0. The Morgan fingerprint density at radius 2 is 2.05 bits per heavy atom. The van der Waals surface area contributed by atoms with Crippen LogP contribution in [0.15, 0.2) is 12.2 Å². The first-order valence-corrected chi connectivity index (χ1v) is 8.36. The molecule has 2 saturated carbocycles. The second-order valence-electron chi connectivity index (χ2n) is 6.92. The smallest absolute Gasteiger partial charge is 0.225 e. The highest BCUT2D eigenvalue weighted by atomic mass is 16.2. The molecule has 3 unspecified atom stereocenters. The molecular weight excluding hydrogens is 264 g/mol. The number of rotatable bonds is 6. The average Bonchev–Trinajstić information content (AvgIpc) is 3.03. The topological polar surface area (TPSA) is 49.4 Å². The van der Waals surface area contributed by atoms with Crippen LogP contribution in [0.1, 0.15) is 38.5 Å². The van der Waals surface area contributed by atoms with E-state index in [1.165, 1.54) is 6.42 Å². The first kappa shape index (κ1) is 14.6. The van der Waals surface area contributed by atoms with Crippen LogP contribution in [-0.4, -0.2) is 36.9 Å². The highest BCUT2D eigenvalue weighted by Gasteiger charge is 2.39. The molecule has 0 saturated heterocycles. The van der Waals surface area contributed by atoms with Gasteiger partial charge in [0.2, 0.25) is 11.8 Å². The van der Waals surface area contributed by atoms with Crippen molar-refractivity contribution in [3.05, 3.63) is 12.2 Å². The predicted octanol–water partition coefficient (Wildman–Crippen LogP) is 1.96. The maximum atomic E-state index is 12.2. The second kappa shape index (κ2) is 6.20. The third kappa shape index (κ3) is 3.14. The second-order valence-corrected chi connectivity index (χ2v) is 6.92. The van der Waals surface area contributed by atoms with Gasteiger partial charge in [-0.2, -0.15) is 0 Å². The molecule has 2 bridgehead atoms. The largest absolute Gasteiger partial charge is 0.356 e. The molecule has 3 aliphatic rings. The van der Waals surface area contributed by atoms with Gasteiger partial charge in [-0.05, 0) is 43.9 Å². The molecule has 4 heteroatoms. The molecule has 0 aromatic carbocycles. The van der Waals surface area contributed by atoms with Crippen LogP contribution < -0.4 is 5.32 Å². The summed E-state index contributed by atoms with van der Waals surface area (Å²) in [6, 6.07) is 0. The molecular formula is C17H26N2O2. The number of fused-ring (bicyclic) bond motifs is 2. The molecule has 116 valence electrons. The molecule has 0 radical (unpaired) electrons. The number of hydrogen-bond acceptors (Lipinski definition) is 2. The van der Waals surface area contributed by atoms with Gasteiger partial charge in [0.15, 0.2) is 0 Å². The van der Waals surface area contributed by atoms with Gasteiger partial charge in [-0.1, -0.05) is 18.6 Å². The summed E-state index contributed by atoms with van der Waals surface area (Å²) < 4.78 is 0. The van der Waals surface area contributed by atoms with Gasteiger partial charge in [-0.15, -0.1) is 0 Å². The van der Waals surface area contributed by atoms with Crippen molar-refractivity contribution in [2.45, 2.75) is 38.5 Å². The van der Waals surface area contributed by atoms with E-state index in [2.05, 4.69) is 17.5 Å². The summed E-state index contributed by atoms with van der Waals surface area (Å²) in [6.07, 6.45) is 10.8. The third-order valence-corrected chi connectivity index (χ3v) is 5.42. The quantitative estimate of drug-likeness (QED) is 0.600. The molecule has 1 N–H and O–H groups in total. The molecule has 3 atom stereocenters. The summed E-state index contributed by atoms with van der Waals surface area (Å²) in [5, 5.41) is 3.05. The lowest BCUT2D eigenvalue weighted by atomic mass is 9.84. The first-order chi connectivity index (χ1) is 10.1. The number of allylic oxidation sites excluding steroid dienone is 2. The van der Waals surface area contributed by atoms with E-state index in [0.717, 1.165) is 38.6 Å². The fourth-order valence-corrected chi connectivity index (χ4v) is 3.82. The Kier molecular flexibility index (Phi) is 4.32. The van der Waals surface area contributed by atoms with Crippen molar-refractivity contribution < 1.29 is 9.59 Å². The summed E-state index contributed by atoms with van der Waals surface area (Å²) in [5.74, 6) is 2.06. The van der Waals surface area contributed by atoms with Gasteiger partial charge < -0.3 is 10.2 Å². The van der Waals surface area contributed by atoms with Crippen LogP contribution in [0.3, 0.4) is 0 Å². The van der Waals surface area contributed by atoms with Gasteiger partial charge in [-0.3, -0.25) is 9.59 Å². The number of nitrogens with zero attached hydrogens (tertiary/aromatic N) is 1. The van der Waals surface area contributed by atoms with Crippen LogP contribution in [0.25, 0.3) is 0 Å². The Morgan fingerprint density at radius 3 is 2.62 bits per heavy atom. The SMILES string of the molecule is CN(CCCNC(=O)C1CC2C=CC1C2)C(=O)C1CCC1. The standard InChI is InChI=1S/C17H26N2O2/c1-19(17(21)13-4-2-5-13)9-3-8-18-16(20)15-11-12-6-7-14(15)10-12/h6-7,12-15H,2-5,8-11H2,1H3,(H,18,20). The van der Waals surface area contributed by atoms with Gasteiger partial charge in [0.25, 0.3) is 0 Å². The first-order valence-electron chi connectivity index (χ1n) is 8.36. The van der Waals surface area contributed by atoms with Crippen molar-refractivity contribution in [3.8, 4) is 0 Å². The van der Waals surface area contributed by atoms with E-state index in [-0.39, 0.29) is 23.7 Å². The lowest BCUT2D eigenvalue weighted by molar-refractivity contribution is -0.136. The zero-order chi connectivity index (χ0) is 14.8. The fraction of sp³-hybridized carbons (Fsp3) is 0.765. The van der Waals surface area contributed by atoms with E-state index in [1.807, 2.05) is 11.9 Å². The molecule has 0 spiro atoms. The maximum absolute atomic E-state index is 12.2. The average molecular weight is 290 g/mol. The Bertz CT molecular complexity index is 442. The molecule has 21 heavy (non-hydrogen) atoms. The monoisotopic (exact) mass is 290 g/mol. The molecule has 3 aliphatic carbocycles. The van der Waals surface area contributed by atoms with E-state index in [1.54, 1.807) is 0 Å². The molecule has 0 heterocycles. The van der Waals surface area contributed by atoms with E-state index in [0.29, 0.717) is 18.4 Å². The van der Waals surface area contributed by atoms with Crippen molar-refractivity contribution in [2.75, 3.05) is 20.1 Å². The van der Waals surface area contributed by atoms with Gasteiger partial charge in [0.05, 0.1) is 0 Å². The normalized spacial score (nSPS) is 30.2. The van der Waals surface area contributed by atoms with E-state index in [9.17, 15) is 9.59 Å². The molecule has 4 nitrogen and oxygen atoms in total. The van der Waals surface area contributed by atoms with Gasteiger partial charge in [-0.25, -0.2) is 0 Å². The lowest BCUT2D eigenvalue weighted by Gasteiger charge is -2.29. The van der Waals surface area contributed by atoms with Crippen LogP contribution in [0, 0.1) is 23.7 Å². The molecule has 0 aromatic rings. The minimum Gasteiger partial charge on any atom is -0.356 e. The Labute approximate surface area is 127 Å². The molecule has 2 fully saturated rings. The van der Waals surface area contributed by atoms with Gasteiger partial charge in [0.1, 0.15) is 0 Å². The van der Waals surface area contributed by atoms with E-state index < -0.39 is 0 Å². The molecule has 0 aliphatic heterocycles. The molecule has 2 amide bonds. The minimum absolute atomic E-state index is 0.189. The van der Waals surface area contributed by atoms with Crippen LogP contribution in [0.5, 0.6) is 0 Å². The summed E-state index contributed by atoms with van der Waals surface area (Å²) in [5.41, 5.74) is 0. The van der Waals surface area contributed by atoms with Crippen molar-refractivity contribution in [1.82, 2.24) is 10.2 Å². The van der Waals surface area contributed by atoms with Gasteiger partial charge in [0, 0.05) is 32.0 Å². The highest BCUT2D eigenvalue weighted by molar-refractivity contribution is 5.80. The molecule has 0 aromatic heterocycles. The van der Waals surface area contributed by atoms with Crippen molar-refractivity contribution >= 4 is 11.8 Å². The van der Waals surface area contributed by atoms with E-state index in [4.69, 9.17) is 0 Å². The number of carbonyl (C=O) groups excluding carboxylic acids is 2. The maximum Gasteiger partial charge on any atom is 0.225 e. The number of carbonyl (C=O) groups is 2. The number of hydrogen-bond donors (Lipinski definition) is 1. The predicted molar refractivity (Wildman–Crippen MR) is 81.4 cm³/mol. The number of amides is 2. The van der Waals surface area contributed by atoms with Crippen molar-refractivity contribution in [2.24, 2.45) is 23.7 Å². The van der Waals surface area contributed by atoms with Gasteiger partial charge >= 0.3 is 0 Å². The minimum atomic E-state index is 0.189. The summed E-state index contributed by atoms with van der Waals surface area (Å²) in [6.45, 7) is 1.42. The van der Waals surface area contributed by atoms with E-state index >= 15 is 0 Å². The van der Waals surface area contributed by atoms with Crippen molar-refractivity contribution in [3.63, 3.8) is 0 Å². The third-order valence-electron chi connectivity index (χ3n) is 5.42. The lowest BCUT2D eigenvalue weighted by Crippen LogP contribution is -2.38. The molecule has 3 rings (SSSR count). The zero-order valence-corrected chi connectivity index (χ0v) is 12.9. The Morgan fingerprint density at radius 1 is 1.24 bits per heavy atom. The summed E-state index contributed by atoms with van der Waals surface area (Å²) in [7, 11) is 1.88. The van der Waals surface area contributed by atoms with Crippen LogP contribution in [-0.2, 0) is 9.59 Å². The van der Waals surface area contributed by atoms with Crippen LogP contribution in [0.2, 0.25) is 0 Å². The van der Waals surface area contributed by atoms with Crippen LogP contribution >= 0.6 is 0 Å². The zero-order valence-electron chi connectivity index (χ0n) is 12.9. The van der Waals surface area contributed by atoms with Crippen molar-refractivity contribution in [1.29, 1.82) is 0 Å².